The quantitative estimate of drug-likeness (QED) is 0.683. The van der Waals surface area contributed by atoms with Crippen LogP contribution >= 0.6 is 0 Å². The molecule has 0 aromatic carbocycles. The Balaban J connectivity index is 2.38. The van der Waals surface area contributed by atoms with Crippen LogP contribution in [0.1, 0.15) is 5.69 Å². The van der Waals surface area contributed by atoms with Crippen LogP contribution in [0, 0.1) is 0 Å². The molecule has 1 radical (unpaired) electrons. The van der Waals surface area contributed by atoms with Gasteiger partial charge in [-0.15, -0.1) is 5.79 Å². The van der Waals surface area contributed by atoms with Gasteiger partial charge in [-0.3, -0.25) is 14.8 Å². The van der Waals surface area contributed by atoms with Crippen LogP contribution < -0.4 is 5.32 Å². The summed E-state index contributed by atoms with van der Waals surface area (Å²) in [6.07, 6.45) is 4.86. The minimum absolute atomic E-state index is 0.112. The van der Waals surface area contributed by atoms with Gasteiger partial charge in [0.1, 0.15) is 4.77 Å². The topological polar surface area (TPSA) is 54.9 Å². The molecule has 0 fully saturated rings. The van der Waals surface area contributed by atoms with Crippen molar-refractivity contribution in [1.29, 1.82) is 0 Å². The Morgan fingerprint density at radius 2 is 2.50 bits per heavy atom. The molecule has 0 saturated carbocycles. The molecule has 1 aromatic rings. The molecule has 0 spiro atoms. The predicted molar refractivity (Wildman–Crippen MR) is 45.9 cm³/mol. The average Bonchev–Trinajstić information content (AvgIpc) is 2.16. The van der Waals surface area contributed by atoms with E-state index in [4.69, 9.17) is 0 Å². The number of nitrogens with one attached hydrogen (secondary N) is 1. The smallest absolute Gasteiger partial charge is 0.347 e. The van der Waals surface area contributed by atoms with E-state index in [1.807, 2.05) is 5.79 Å². The number of aromatic nitrogens is 2. The summed E-state index contributed by atoms with van der Waals surface area (Å²) in [6.45, 7) is 0.480. The summed E-state index contributed by atoms with van der Waals surface area (Å²) in [6, 6.07) is 0. The molecule has 61 valence electrons. The molecule has 0 aliphatic heterocycles. The molecule has 0 aliphatic carbocycles. The molecule has 1 N–H and O–H groups in total. The maximum absolute atomic E-state index is 10.9. The molecule has 5 heteroatoms. The van der Waals surface area contributed by atoms with Gasteiger partial charge in [0.25, 0.3) is 0 Å². The third-order valence-corrected chi connectivity index (χ3v) is 2.05. The average molecular weight is 178 g/mol. The van der Waals surface area contributed by atoms with Gasteiger partial charge in [-0.1, -0.05) is 0 Å². The first-order chi connectivity index (χ1) is 5.83. The Hall–Kier alpha value is -0.918. The lowest BCUT2D eigenvalue weighted by molar-refractivity contribution is 0.258. The van der Waals surface area contributed by atoms with Crippen molar-refractivity contribution in [2.24, 2.45) is 0 Å². The van der Waals surface area contributed by atoms with Gasteiger partial charge in [0.05, 0.1) is 18.4 Å². The zero-order chi connectivity index (χ0) is 8.81. The van der Waals surface area contributed by atoms with Crippen LogP contribution in [0.5, 0.6) is 0 Å². The molecule has 1 aromatic heterocycles. The molecule has 0 atom stereocenters. The second kappa shape index (κ2) is 4.86. The van der Waals surface area contributed by atoms with Crippen molar-refractivity contribution in [3.8, 4) is 0 Å². The van der Waals surface area contributed by atoms with Crippen LogP contribution in [0.3, 0.4) is 0 Å². The Kier molecular flexibility index (Phi) is 3.71. The second-order valence-electron chi connectivity index (χ2n) is 2.20. The van der Waals surface area contributed by atoms with Crippen LogP contribution in [0.15, 0.2) is 18.6 Å². The zero-order valence-electron chi connectivity index (χ0n) is 6.82. The number of carbonyl (C=O) groups is 1. The Morgan fingerprint density at radius 1 is 1.67 bits per heavy atom. The van der Waals surface area contributed by atoms with E-state index in [0.29, 0.717) is 6.54 Å². The Morgan fingerprint density at radius 3 is 3.08 bits per heavy atom. The van der Waals surface area contributed by atoms with Gasteiger partial charge < -0.3 is 5.32 Å². The molecule has 4 nitrogen and oxygen atoms in total. The molecular weight excluding hydrogens is 169 g/mol. The van der Waals surface area contributed by atoms with E-state index in [-0.39, 0.29) is 20.0 Å². The van der Waals surface area contributed by atoms with Crippen LogP contribution in [-0.4, -0.2) is 30.0 Å². The number of hydrogen-bond donors (Lipinski definition) is 1. The van der Waals surface area contributed by atoms with Crippen molar-refractivity contribution in [2.45, 2.75) is 12.3 Å². The fourth-order valence-electron chi connectivity index (χ4n) is 0.701. The SMILES string of the molecule is [CH3][Al][C](=O)NCc1cnccn1. The third-order valence-electron chi connectivity index (χ3n) is 1.32. The van der Waals surface area contributed by atoms with Gasteiger partial charge in [0.15, 0.2) is 0 Å². The summed E-state index contributed by atoms with van der Waals surface area (Å²) in [5, 5.41) is 2.74. The maximum atomic E-state index is 10.9. The number of hydrogen-bond acceptors (Lipinski definition) is 3. The van der Waals surface area contributed by atoms with Crippen molar-refractivity contribution in [1.82, 2.24) is 15.3 Å². The van der Waals surface area contributed by atoms with Crippen molar-refractivity contribution in [3.63, 3.8) is 0 Å². The molecule has 12 heavy (non-hydrogen) atoms. The molecule has 1 heterocycles. The van der Waals surface area contributed by atoms with Crippen molar-refractivity contribution in [3.05, 3.63) is 24.3 Å². The lowest BCUT2D eigenvalue weighted by atomic mass is 10.4. The van der Waals surface area contributed by atoms with E-state index in [9.17, 15) is 4.79 Å². The summed E-state index contributed by atoms with van der Waals surface area (Å²) >= 11 is -0.145. The summed E-state index contributed by atoms with van der Waals surface area (Å²) in [4.78, 5) is 18.8. The summed E-state index contributed by atoms with van der Waals surface area (Å²) < 4.78 is 0.112. The summed E-state index contributed by atoms with van der Waals surface area (Å²) in [5.41, 5.74) is 0.790. The van der Waals surface area contributed by atoms with Gasteiger partial charge in [-0.25, -0.2) is 0 Å². The highest BCUT2D eigenvalue weighted by molar-refractivity contribution is 6.72. The number of carbonyl (C=O) groups excluding carboxylic acids is 1. The van der Waals surface area contributed by atoms with E-state index < -0.39 is 0 Å². The van der Waals surface area contributed by atoms with Crippen LogP contribution in [0.4, 0.5) is 4.79 Å². The minimum atomic E-state index is -0.145. The van der Waals surface area contributed by atoms with Crippen molar-refractivity contribution >= 4 is 20.0 Å². The number of rotatable bonds is 3. The third kappa shape index (κ3) is 2.99. The van der Waals surface area contributed by atoms with E-state index in [1.54, 1.807) is 18.6 Å². The van der Waals surface area contributed by atoms with Crippen LogP contribution in [-0.2, 0) is 6.54 Å². The van der Waals surface area contributed by atoms with E-state index >= 15 is 0 Å². The van der Waals surface area contributed by atoms with Gasteiger partial charge in [0, 0.05) is 12.4 Å². The minimum Gasteiger partial charge on any atom is -0.367 e. The number of nitrogens with zero attached hydrogens (tertiary/aromatic N) is 2. The Labute approximate surface area is 77.1 Å². The number of amides is 1. The van der Waals surface area contributed by atoms with Gasteiger partial charge >= 0.3 is 15.2 Å². The fraction of sp³-hybridized carbons (Fsp3) is 0.286. The molecule has 0 saturated heterocycles. The van der Waals surface area contributed by atoms with Crippen molar-refractivity contribution < 1.29 is 4.79 Å². The molecule has 1 rings (SSSR count). The highest BCUT2D eigenvalue weighted by Gasteiger charge is 1.98. The van der Waals surface area contributed by atoms with E-state index in [1.165, 1.54) is 0 Å². The standard InChI is InChI=1S/C6H6N3O.CH3.Al/c10-5-8-4-6-3-7-1-2-9-6;;/h1-3H,4H2,(H,8,10);1H3;. The van der Waals surface area contributed by atoms with Crippen molar-refractivity contribution in [2.75, 3.05) is 0 Å². The Bertz CT molecular complexity index is 252. The maximum Gasteiger partial charge on any atom is 0.347 e. The summed E-state index contributed by atoms with van der Waals surface area (Å²) in [5.74, 6) is 1.89. The largest absolute Gasteiger partial charge is 0.367 e. The van der Waals surface area contributed by atoms with Gasteiger partial charge in [-0.2, -0.15) is 0 Å². The molecule has 0 aliphatic rings. The highest BCUT2D eigenvalue weighted by Crippen LogP contribution is 1.88. The lowest BCUT2D eigenvalue weighted by Crippen LogP contribution is -2.25. The van der Waals surface area contributed by atoms with E-state index in [0.717, 1.165) is 5.69 Å². The zero-order valence-corrected chi connectivity index (χ0v) is 7.97. The molecular formula is C7H9AlN3O. The molecule has 0 unspecified atom stereocenters. The van der Waals surface area contributed by atoms with E-state index in [2.05, 4.69) is 15.3 Å². The first-order valence-corrected chi connectivity index (χ1v) is 5.38. The summed E-state index contributed by atoms with van der Waals surface area (Å²) in [7, 11) is 0. The molecule has 1 amide bonds. The lowest BCUT2D eigenvalue weighted by Gasteiger charge is -2.01. The first-order valence-electron chi connectivity index (χ1n) is 3.65. The first kappa shape index (κ1) is 9.17. The van der Waals surface area contributed by atoms with Crippen LogP contribution in [0.2, 0.25) is 5.79 Å². The second-order valence-corrected chi connectivity index (χ2v) is 3.30. The normalized spacial score (nSPS) is 9.08. The molecule has 0 bridgehead atoms. The van der Waals surface area contributed by atoms with Gasteiger partial charge in [-0.05, 0) is 0 Å². The van der Waals surface area contributed by atoms with Crippen LogP contribution in [0.25, 0.3) is 0 Å². The van der Waals surface area contributed by atoms with Gasteiger partial charge in [0.2, 0.25) is 0 Å². The predicted octanol–water partition coefficient (Wildman–Crippen LogP) is 0.438. The monoisotopic (exact) mass is 178 g/mol. The highest BCUT2D eigenvalue weighted by atomic mass is 27.1. The fourth-order valence-corrected chi connectivity index (χ4v) is 1.01.